The largest absolute Gasteiger partial charge is 0.494 e. The van der Waals surface area contributed by atoms with Crippen LogP contribution in [0.15, 0.2) is 29.6 Å². The van der Waals surface area contributed by atoms with Gasteiger partial charge in [-0.05, 0) is 19.1 Å². The van der Waals surface area contributed by atoms with Crippen molar-refractivity contribution in [3.63, 3.8) is 0 Å². The summed E-state index contributed by atoms with van der Waals surface area (Å²) in [5, 5.41) is 2.59. The molecule has 1 aromatic carbocycles. The fourth-order valence-electron chi connectivity index (χ4n) is 2.78. The first-order valence-corrected chi connectivity index (χ1v) is 9.20. The zero-order valence-corrected chi connectivity index (χ0v) is 15.2. The third-order valence-corrected chi connectivity index (χ3v) is 5.02. The lowest BCUT2D eigenvalue weighted by molar-refractivity contribution is -0.130. The van der Waals surface area contributed by atoms with Crippen molar-refractivity contribution < 1.29 is 14.3 Å². The molecule has 0 spiro atoms. The highest BCUT2D eigenvalue weighted by Crippen LogP contribution is 2.27. The van der Waals surface area contributed by atoms with Gasteiger partial charge in [-0.3, -0.25) is 9.59 Å². The Labute approximate surface area is 151 Å². The number of thiazole rings is 1. The van der Waals surface area contributed by atoms with Crippen molar-refractivity contribution >= 4 is 23.2 Å². The van der Waals surface area contributed by atoms with E-state index in [4.69, 9.17) is 4.74 Å². The van der Waals surface area contributed by atoms with E-state index in [0.717, 1.165) is 16.3 Å². The standard InChI is InChI=1S/C18H21N3O3S/c1-3-24-15-6-4-5-14(11-15)17-19-16(12-25-17)18(23)21-9-7-20(8-10-21)13(2)22/h4-6,11-12H,3,7-10H2,1-2H3. The summed E-state index contributed by atoms with van der Waals surface area (Å²) in [6.07, 6.45) is 0. The third-order valence-electron chi connectivity index (χ3n) is 4.13. The molecule has 0 saturated carbocycles. The van der Waals surface area contributed by atoms with Crippen LogP contribution in [0, 0.1) is 0 Å². The van der Waals surface area contributed by atoms with Crippen LogP contribution in [-0.4, -0.2) is 59.4 Å². The fraction of sp³-hybridized carbons (Fsp3) is 0.389. The highest BCUT2D eigenvalue weighted by atomic mass is 32.1. The summed E-state index contributed by atoms with van der Waals surface area (Å²) in [5.74, 6) is 0.771. The van der Waals surface area contributed by atoms with Gasteiger partial charge in [0.15, 0.2) is 0 Å². The van der Waals surface area contributed by atoms with Crippen LogP contribution in [0.5, 0.6) is 5.75 Å². The van der Waals surface area contributed by atoms with E-state index in [0.29, 0.717) is 38.5 Å². The maximum atomic E-state index is 12.6. The SMILES string of the molecule is CCOc1cccc(-c2nc(C(=O)N3CCN(C(C)=O)CC3)cs2)c1. The number of benzene rings is 1. The average molecular weight is 359 g/mol. The molecule has 2 amide bonds. The minimum atomic E-state index is -0.0772. The molecule has 7 heteroatoms. The van der Waals surface area contributed by atoms with Gasteiger partial charge in [-0.2, -0.15) is 0 Å². The van der Waals surface area contributed by atoms with Crippen molar-refractivity contribution in [2.24, 2.45) is 0 Å². The van der Waals surface area contributed by atoms with Crippen LogP contribution >= 0.6 is 11.3 Å². The lowest BCUT2D eigenvalue weighted by Crippen LogP contribution is -2.50. The van der Waals surface area contributed by atoms with E-state index in [-0.39, 0.29) is 11.8 Å². The smallest absolute Gasteiger partial charge is 0.273 e. The van der Waals surface area contributed by atoms with Crippen molar-refractivity contribution in [2.45, 2.75) is 13.8 Å². The number of hydrogen-bond acceptors (Lipinski definition) is 5. The van der Waals surface area contributed by atoms with E-state index in [2.05, 4.69) is 4.98 Å². The number of piperazine rings is 1. The van der Waals surface area contributed by atoms with Crippen molar-refractivity contribution in [1.29, 1.82) is 0 Å². The van der Waals surface area contributed by atoms with Gasteiger partial charge in [-0.15, -0.1) is 11.3 Å². The van der Waals surface area contributed by atoms with Gasteiger partial charge >= 0.3 is 0 Å². The molecule has 0 atom stereocenters. The Bertz CT molecular complexity index is 766. The Morgan fingerprint density at radius 3 is 2.60 bits per heavy atom. The number of nitrogens with zero attached hydrogens (tertiary/aromatic N) is 3. The molecular weight excluding hydrogens is 338 g/mol. The van der Waals surface area contributed by atoms with Crippen LogP contribution in [0.4, 0.5) is 0 Å². The van der Waals surface area contributed by atoms with Crippen LogP contribution < -0.4 is 4.74 Å². The van der Waals surface area contributed by atoms with Crippen LogP contribution in [-0.2, 0) is 4.79 Å². The molecule has 0 aliphatic carbocycles. The summed E-state index contributed by atoms with van der Waals surface area (Å²) < 4.78 is 5.52. The van der Waals surface area contributed by atoms with Gasteiger partial charge in [-0.1, -0.05) is 12.1 Å². The molecule has 25 heavy (non-hydrogen) atoms. The molecule has 1 aliphatic heterocycles. The molecule has 0 N–H and O–H groups in total. The average Bonchev–Trinajstić information content (AvgIpc) is 3.12. The van der Waals surface area contributed by atoms with E-state index >= 15 is 0 Å². The lowest BCUT2D eigenvalue weighted by Gasteiger charge is -2.33. The van der Waals surface area contributed by atoms with Crippen molar-refractivity contribution in [3.05, 3.63) is 35.3 Å². The molecule has 0 unspecified atom stereocenters. The Hall–Kier alpha value is -2.41. The number of amides is 2. The predicted octanol–water partition coefficient (Wildman–Crippen LogP) is 2.51. The summed E-state index contributed by atoms with van der Waals surface area (Å²) in [4.78, 5) is 32.0. The predicted molar refractivity (Wildman–Crippen MR) is 96.9 cm³/mol. The summed E-state index contributed by atoms with van der Waals surface area (Å²) in [6.45, 7) is 6.36. The number of hydrogen-bond donors (Lipinski definition) is 0. The topological polar surface area (TPSA) is 62.7 Å². The first kappa shape index (κ1) is 17.4. The monoisotopic (exact) mass is 359 g/mol. The van der Waals surface area contributed by atoms with E-state index in [9.17, 15) is 9.59 Å². The third kappa shape index (κ3) is 3.99. The normalized spacial score (nSPS) is 14.5. The summed E-state index contributed by atoms with van der Waals surface area (Å²) in [5.41, 5.74) is 1.40. The lowest BCUT2D eigenvalue weighted by atomic mass is 10.2. The van der Waals surface area contributed by atoms with Gasteiger partial charge in [-0.25, -0.2) is 4.98 Å². The van der Waals surface area contributed by atoms with E-state index < -0.39 is 0 Å². The maximum absolute atomic E-state index is 12.6. The second-order valence-corrected chi connectivity index (χ2v) is 6.66. The molecule has 6 nitrogen and oxygen atoms in total. The van der Waals surface area contributed by atoms with Crippen LogP contribution in [0.25, 0.3) is 10.6 Å². The quantitative estimate of drug-likeness (QED) is 0.841. The van der Waals surface area contributed by atoms with Crippen LogP contribution in [0.3, 0.4) is 0 Å². The number of ether oxygens (including phenoxy) is 1. The molecule has 3 rings (SSSR count). The molecule has 1 aromatic heterocycles. The van der Waals surface area contributed by atoms with Crippen molar-refractivity contribution in [2.75, 3.05) is 32.8 Å². The second kappa shape index (κ2) is 7.65. The van der Waals surface area contributed by atoms with Gasteiger partial charge in [0.1, 0.15) is 16.5 Å². The minimum Gasteiger partial charge on any atom is -0.494 e. The highest BCUT2D eigenvalue weighted by Gasteiger charge is 2.24. The zero-order chi connectivity index (χ0) is 17.8. The first-order chi connectivity index (χ1) is 12.1. The highest BCUT2D eigenvalue weighted by molar-refractivity contribution is 7.13. The van der Waals surface area contributed by atoms with Crippen molar-refractivity contribution in [3.8, 4) is 16.3 Å². The van der Waals surface area contributed by atoms with E-state index in [1.807, 2.05) is 31.2 Å². The van der Waals surface area contributed by atoms with Crippen molar-refractivity contribution in [1.82, 2.24) is 14.8 Å². The summed E-state index contributed by atoms with van der Waals surface area (Å²) >= 11 is 1.45. The first-order valence-electron chi connectivity index (χ1n) is 8.32. The van der Waals surface area contributed by atoms with Crippen LogP contribution in [0.2, 0.25) is 0 Å². The minimum absolute atomic E-state index is 0.0530. The van der Waals surface area contributed by atoms with Gasteiger partial charge in [0.25, 0.3) is 5.91 Å². The number of carbonyl (C=O) groups excluding carboxylic acids is 2. The number of carbonyl (C=O) groups is 2. The van der Waals surface area contributed by atoms with Crippen LogP contribution in [0.1, 0.15) is 24.3 Å². The second-order valence-electron chi connectivity index (χ2n) is 5.80. The number of aromatic nitrogens is 1. The Morgan fingerprint density at radius 1 is 1.20 bits per heavy atom. The molecule has 1 aliphatic rings. The molecular formula is C18H21N3O3S. The molecule has 1 fully saturated rings. The van der Waals surface area contributed by atoms with Gasteiger partial charge in [0.05, 0.1) is 6.61 Å². The molecule has 2 heterocycles. The Kier molecular flexibility index (Phi) is 5.33. The van der Waals surface area contributed by atoms with E-state index in [1.54, 1.807) is 22.1 Å². The molecule has 0 bridgehead atoms. The maximum Gasteiger partial charge on any atom is 0.273 e. The molecule has 1 saturated heterocycles. The molecule has 0 radical (unpaired) electrons. The molecule has 132 valence electrons. The fourth-order valence-corrected chi connectivity index (χ4v) is 3.57. The zero-order valence-electron chi connectivity index (χ0n) is 14.4. The van der Waals surface area contributed by atoms with Gasteiger partial charge in [0, 0.05) is 44.0 Å². The summed E-state index contributed by atoms with van der Waals surface area (Å²) in [6, 6.07) is 7.72. The Morgan fingerprint density at radius 2 is 1.92 bits per heavy atom. The van der Waals surface area contributed by atoms with Gasteiger partial charge in [0.2, 0.25) is 5.91 Å². The number of rotatable bonds is 4. The Balaban J connectivity index is 1.70. The summed E-state index contributed by atoms with van der Waals surface area (Å²) in [7, 11) is 0. The van der Waals surface area contributed by atoms with E-state index in [1.165, 1.54) is 11.3 Å². The molecule has 2 aromatic rings. The van der Waals surface area contributed by atoms with Gasteiger partial charge < -0.3 is 14.5 Å².